The number of carbonyl (C=O) groups excluding carboxylic acids is 1. The summed E-state index contributed by atoms with van der Waals surface area (Å²) < 4.78 is 4.53. The normalized spacial score (nSPS) is 9.21. The molecule has 1 rings (SSSR count). The molecule has 0 saturated heterocycles. The molecule has 1 amide bonds. The number of carbonyl (C=O) groups is 1. The highest BCUT2D eigenvalue weighted by Crippen LogP contribution is 1.94. The van der Waals surface area contributed by atoms with Crippen molar-refractivity contribution in [1.29, 1.82) is 0 Å². The first-order chi connectivity index (χ1) is 6.70. The lowest BCUT2D eigenvalue weighted by molar-refractivity contribution is 0.0940. The van der Waals surface area contributed by atoms with E-state index in [4.69, 9.17) is 0 Å². The van der Waals surface area contributed by atoms with Crippen molar-refractivity contribution in [3.05, 3.63) is 18.0 Å². The average molecular weight is 198 g/mol. The lowest BCUT2D eigenvalue weighted by Crippen LogP contribution is -2.27. The molecule has 0 unspecified atom stereocenters. The van der Waals surface area contributed by atoms with Crippen molar-refractivity contribution in [2.24, 2.45) is 5.92 Å². The molecule has 4 nitrogen and oxygen atoms in total. The van der Waals surface area contributed by atoms with Crippen LogP contribution in [0.2, 0.25) is 0 Å². The molecule has 0 atom stereocenters. The van der Waals surface area contributed by atoms with E-state index in [2.05, 4.69) is 15.0 Å². The summed E-state index contributed by atoms with van der Waals surface area (Å²) in [6.45, 7) is 8.72. The standard InChI is InChI=1S/C8H12N2O2.C2H6/c1-6(2)5-9-8(11)7-3-4-12-10-7;1-2/h3-4,6H,5H2,1-2H3,(H,9,11);1-2H3. The van der Waals surface area contributed by atoms with Gasteiger partial charge in [0.1, 0.15) is 6.26 Å². The predicted octanol–water partition coefficient (Wildman–Crippen LogP) is 2.09. The molecule has 0 spiro atoms. The lowest BCUT2D eigenvalue weighted by atomic mass is 10.2. The summed E-state index contributed by atoms with van der Waals surface area (Å²) in [5.41, 5.74) is 0.329. The Bertz CT molecular complexity index is 243. The molecule has 0 radical (unpaired) electrons. The molecule has 0 aliphatic carbocycles. The van der Waals surface area contributed by atoms with E-state index in [0.29, 0.717) is 18.2 Å². The van der Waals surface area contributed by atoms with Crippen molar-refractivity contribution in [3.63, 3.8) is 0 Å². The molecule has 1 heterocycles. The first kappa shape index (κ1) is 12.7. The van der Waals surface area contributed by atoms with Gasteiger partial charge in [0.15, 0.2) is 5.69 Å². The summed E-state index contributed by atoms with van der Waals surface area (Å²) >= 11 is 0. The van der Waals surface area contributed by atoms with Gasteiger partial charge in [0.2, 0.25) is 0 Å². The van der Waals surface area contributed by atoms with Gasteiger partial charge in [0.05, 0.1) is 0 Å². The van der Waals surface area contributed by atoms with E-state index in [0.717, 1.165) is 0 Å². The van der Waals surface area contributed by atoms with Gasteiger partial charge < -0.3 is 9.84 Å². The highest BCUT2D eigenvalue weighted by atomic mass is 16.5. The molecule has 0 saturated carbocycles. The second-order valence-electron chi connectivity index (χ2n) is 2.99. The summed E-state index contributed by atoms with van der Waals surface area (Å²) in [4.78, 5) is 11.2. The molecule has 0 aromatic carbocycles. The predicted molar refractivity (Wildman–Crippen MR) is 55.0 cm³/mol. The van der Waals surface area contributed by atoms with Crippen LogP contribution in [0.3, 0.4) is 0 Å². The van der Waals surface area contributed by atoms with Gasteiger partial charge >= 0.3 is 0 Å². The number of aromatic nitrogens is 1. The van der Waals surface area contributed by atoms with Crippen LogP contribution in [0, 0.1) is 5.92 Å². The first-order valence-corrected chi connectivity index (χ1v) is 4.88. The number of nitrogens with one attached hydrogen (secondary N) is 1. The van der Waals surface area contributed by atoms with Gasteiger partial charge in [-0.2, -0.15) is 0 Å². The topological polar surface area (TPSA) is 55.1 Å². The van der Waals surface area contributed by atoms with Crippen molar-refractivity contribution < 1.29 is 9.32 Å². The van der Waals surface area contributed by atoms with Crippen LogP contribution < -0.4 is 5.32 Å². The minimum absolute atomic E-state index is 0.183. The van der Waals surface area contributed by atoms with Crippen molar-refractivity contribution in [2.45, 2.75) is 27.7 Å². The first-order valence-electron chi connectivity index (χ1n) is 4.88. The molecule has 1 aromatic rings. The summed E-state index contributed by atoms with van der Waals surface area (Å²) in [6, 6.07) is 1.54. The third-order valence-electron chi connectivity index (χ3n) is 1.34. The number of amides is 1. The van der Waals surface area contributed by atoms with Crippen molar-refractivity contribution >= 4 is 5.91 Å². The van der Waals surface area contributed by atoms with Crippen LogP contribution >= 0.6 is 0 Å². The van der Waals surface area contributed by atoms with Gasteiger partial charge in [-0.25, -0.2) is 0 Å². The minimum atomic E-state index is -0.183. The van der Waals surface area contributed by atoms with Gasteiger partial charge in [-0.3, -0.25) is 4.79 Å². The van der Waals surface area contributed by atoms with Crippen LogP contribution in [0.1, 0.15) is 38.2 Å². The maximum absolute atomic E-state index is 11.2. The van der Waals surface area contributed by atoms with Crippen LogP contribution in [0.5, 0.6) is 0 Å². The molecule has 0 bridgehead atoms. The molecule has 0 fully saturated rings. The zero-order chi connectivity index (χ0) is 11.0. The largest absolute Gasteiger partial charge is 0.364 e. The van der Waals surface area contributed by atoms with Gasteiger partial charge in [0.25, 0.3) is 5.91 Å². The zero-order valence-electron chi connectivity index (χ0n) is 9.20. The van der Waals surface area contributed by atoms with E-state index in [1.165, 1.54) is 12.3 Å². The highest BCUT2D eigenvalue weighted by Gasteiger charge is 2.07. The third-order valence-corrected chi connectivity index (χ3v) is 1.34. The Balaban J connectivity index is 0.000000791. The maximum atomic E-state index is 11.2. The van der Waals surface area contributed by atoms with Crippen LogP contribution in [-0.4, -0.2) is 17.6 Å². The lowest BCUT2D eigenvalue weighted by Gasteiger charge is -2.04. The van der Waals surface area contributed by atoms with E-state index in [-0.39, 0.29) is 5.91 Å². The summed E-state index contributed by atoms with van der Waals surface area (Å²) in [5.74, 6) is 0.262. The van der Waals surface area contributed by atoms with Crippen LogP contribution in [0.4, 0.5) is 0 Å². The average Bonchev–Trinajstić information content (AvgIpc) is 2.70. The Labute approximate surface area is 84.7 Å². The minimum Gasteiger partial charge on any atom is -0.364 e. The van der Waals surface area contributed by atoms with E-state index < -0.39 is 0 Å². The number of rotatable bonds is 3. The van der Waals surface area contributed by atoms with Gasteiger partial charge in [0, 0.05) is 12.6 Å². The molecule has 0 aliphatic heterocycles. The molecular weight excluding hydrogens is 180 g/mol. The molecular formula is C10H18N2O2. The fourth-order valence-electron chi connectivity index (χ4n) is 0.717. The maximum Gasteiger partial charge on any atom is 0.273 e. The molecule has 1 N–H and O–H groups in total. The second kappa shape index (κ2) is 7.12. The van der Waals surface area contributed by atoms with Crippen molar-refractivity contribution in [2.75, 3.05) is 6.54 Å². The van der Waals surface area contributed by atoms with Crippen LogP contribution in [0.25, 0.3) is 0 Å². The van der Waals surface area contributed by atoms with Crippen molar-refractivity contribution in [1.82, 2.24) is 10.5 Å². The smallest absolute Gasteiger partial charge is 0.273 e. The van der Waals surface area contributed by atoms with E-state index in [9.17, 15) is 4.79 Å². The Kier molecular flexibility index (Phi) is 6.45. The third kappa shape index (κ3) is 4.64. The van der Waals surface area contributed by atoms with E-state index >= 15 is 0 Å². The molecule has 80 valence electrons. The van der Waals surface area contributed by atoms with Gasteiger partial charge in [-0.1, -0.05) is 32.9 Å². The molecule has 14 heavy (non-hydrogen) atoms. The quantitative estimate of drug-likeness (QED) is 0.809. The molecule has 1 aromatic heterocycles. The molecule has 4 heteroatoms. The second-order valence-corrected chi connectivity index (χ2v) is 2.99. The zero-order valence-corrected chi connectivity index (χ0v) is 9.20. The van der Waals surface area contributed by atoms with E-state index in [1.807, 2.05) is 27.7 Å². The molecule has 0 aliphatic rings. The van der Waals surface area contributed by atoms with Crippen LogP contribution in [-0.2, 0) is 0 Å². The Morgan fingerprint density at radius 3 is 2.64 bits per heavy atom. The monoisotopic (exact) mass is 198 g/mol. The van der Waals surface area contributed by atoms with Crippen LogP contribution in [0.15, 0.2) is 16.9 Å². The fourth-order valence-corrected chi connectivity index (χ4v) is 0.717. The van der Waals surface area contributed by atoms with E-state index in [1.54, 1.807) is 0 Å². The fraction of sp³-hybridized carbons (Fsp3) is 0.600. The Morgan fingerprint density at radius 2 is 2.21 bits per heavy atom. The highest BCUT2D eigenvalue weighted by molar-refractivity contribution is 5.91. The summed E-state index contributed by atoms with van der Waals surface area (Å²) in [7, 11) is 0. The Hall–Kier alpha value is -1.32. The van der Waals surface area contributed by atoms with Crippen molar-refractivity contribution in [3.8, 4) is 0 Å². The number of hydrogen-bond donors (Lipinski definition) is 1. The summed E-state index contributed by atoms with van der Waals surface area (Å²) in [5, 5.41) is 6.23. The Morgan fingerprint density at radius 1 is 1.57 bits per heavy atom. The van der Waals surface area contributed by atoms with Gasteiger partial charge in [-0.15, -0.1) is 0 Å². The number of nitrogens with zero attached hydrogens (tertiary/aromatic N) is 1. The SMILES string of the molecule is CC.CC(C)CNC(=O)c1ccon1. The van der Waals surface area contributed by atoms with Gasteiger partial charge in [-0.05, 0) is 5.92 Å². The summed E-state index contributed by atoms with van der Waals surface area (Å²) in [6.07, 6.45) is 1.38. The number of hydrogen-bond acceptors (Lipinski definition) is 3.